The standard InChI is InChI=1S/C24H35N3O/c1-4-5-6-7-8-9-10-11-20-28-24-18-14-22(15-19-24)26-25-21-12-16-23(17-13-21)27(2)3/h12-19H,4-11,20H2,1-3H3. The lowest BCUT2D eigenvalue weighted by Crippen LogP contribution is -2.07. The third-order valence-electron chi connectivity index (χ3n) is 4.75. The molecule has 0 N–H and O–H groups in total. The van der Waals surface area contributed by atoms with E-state index < -0.39 is 0 Å². The summed E-state index contributed by atoms with van der Waals surface area (Å²) in [5.41, 5.74) is 2.83. The summed E-state index contributed by atoms with van der Waals surface area (Å²) in [6.45, 7) is 3.05. The van der Waals surface area contributed by atoms with Crippen molar-refractivity contribution in [3.05, 3.63) is 48.5 Å². The van der Waals surface area contributed by atoms with Crippen molar-refractivity contribution in [2.75, 3.05) is 25.6 Å². The zero-order chi connectivity index (χ0) is 20.0. The van der Waals surface area contributed by atoms with Gasteiger partial charge in [-0.15, -0.1) is 0 Å². The fourth-order valence-corrected chi connectivity index (χ4v) is 2.97. The smallest absolute Gasteiger partial charge is 0.119 e. The molecule has 4 heteroatoms. The lowest BCUT2D eigenvalue weighted by atomic mass is 10.1. The van der Waals surface area contributed by atoms with Gasteiger partial charge in [0.25, 0.3) is 0 Å². The maximum absolute atomic E-state index is 5.83. The molecular formula is C24H35N3O. The quantitative estimate of drug-likeness (QED) is 0.263. The average Bonchev–Trinajstić information content (AvgIpc) is 2.72. The van der Waals surface area contributed by atoms with Crippen LogP contribution in [0.3, 0.4) is 0 Å². The lowest BCUT2D eigenvalue weighted by molar-refractivity contribution is 0.304. The molecular weight excluding hydrogens is 346 g/mol. The molecule has 0 spiro atoms. The number of benzene rings is 2. The van der Waals surface area contributed by atoms with Crippen LogP contribution in [0.25, 0.3) is 0 Å². The minimum absolute atomic E-state index is 0.786. The average molecular weight is 382 g/mol. The first-order valence-corrected chi connectivity index (χ1v) is 10.6. The fraction of sp³-hybridized carbons (Fsp3) is 0.500. The van der Waals surface area contributed by atoms with Gasteiger partial charge in [0.15, 0.2) is 0 Å². The van der Waals surface area contributed by atoms with Crippen LogP contribution in [0.2, 0.25) is 0 Å². The van der Waals surface area contributed by atoms with Crippen LogP contribution in [-0.4, -0.2) is 20.7 Å². The molecule has 0 bridgehead atoms. The Labute approximate surface area is 170 Å². The van der Waals surface area contributed by atoms with Gasteiger partial charge in [-0.1, -0.05) is 51.9 Å². The molecule has 0 saturated carbocycles. The third kappa shape index (κ3) is 8.55. The van der Waals surface area contributed by atoms with Crippen molar-refractivity contribution in [3.63, 3.8) is 0 Å². The molecule has 0 aliphatic heterocycles. The molecule has 0 saturated heterocycles. The van der Waals surface area contributed by atoms with Gasteiger partial charge in [-0.2, -0.15) is 10.2 Å². The van der Waals surface area contributed by atoms with Crippen LogP contribution in [-0.2, 0) is 0 Å². The number of hydrogen-bond donors (Lipinski definition) is 0. The SMILES string of the molecule is CCCCCCCCCCOc1ccc(N=Nc2ccc(N(C)C)cc2)cc1. The first-order chi connectivity index (χ1) is 13.7. The highest BCUT2D eigenvalue weighted by molar-refractivity contribution is 5.52. The van der Waals surface area contributed by atoms with Crippen molar-refractivity contribution in [1.82, 2.24) is 0 Å². The zero-order valence-electron chi connectivity index (χ0n) is 17.7. The largest absolute Gasteiger partial charge is 0.494 e. The predicted molar refractivity (Wildman–Crippen MR) is 119 cm³/mol. The van der Waals surface area contributed by atoms with Crippen molar-refractivity contribution < 1.29 is 4.74 Å². The summed E-state index contributed by atoms with van der Waals surface area (Å²) in [4.78, 5) is 2.06. The van der Waals surface area contributed by atoms with Gasteiger partial charge in [-0.3, -0.25) is 0 Å². The van der Waals surface area contributed by atoms with E-state index in [0.717, 1.165) is 35.8 Å². The minimum Gasteiger partial charge on any atom is -0.494 e. The van der Waals surface area contributed by atoms with Gasteiger partial charge < -0.3 is 9.64 Å². The van der Waals surface area contributed by atoms with Gasteiger partial charge in [-0.05, 0) is 55.0 Å². The number of unbranched alkanes of at least 4 members (excludes halogenated alkanes) is 7. The van der Waals surface area contributed by atoms with E-state index in [9.17, 15) is 0 Å². The van der Waals surface area contributed by atoms with E-state index in [1.807, 2.05) is 62.6 Å². The molecule has 2 aromatic carbocycles. The van der Waals surface area contributed by atoms with E-state index in [4.69, 9.17) is 4.74 Å². The van der Waals surface area contributed by atoms with Gasteiger partial charge in [0, 0.05) is 19.8 Å². The number of anilines is 1. The molecule has 0 fully saturated rings. The van der Waals surface area contributed by atoms with Crippen LogP contribution >= 0.6 is 0 Å². The molecule has 28 heavy (non-hydrogen) atoms. The number of ether oxygens (including phenoxy) is 1. The van der Waals surface area contributed by atoms with Gasteiger partial charge in [0.1, 0.15) is 5.75 Å². The summed E-state index contributed by atoms with van der Waals surface area (Å²) < 4.78 is 5.83. The maximum Gasteiger partial charge on any atom is 0.119 e. The molecule has 0 heterocycles. The first-order valence-electron chi connectivity index (χ1n) is 10.6. The normalized spacial score (nSPS) is 11.1. The second-order valence-electron chi connectivity index (χ2n) is 7.43. The zero-order valence-corrected chi connectivity index (χ0v) is 17.7. The highest BCUT2D eigenvalue weighted by Gasteiger charge is 1.98. The molecule has 2 rings (SSSR count). The first kappa shape index (κ1) is 21.9. The Bertz CT molecular complexity index is 678. The second kappa shape index (κ2) is 12.9. The Morgan fingerprint density at radius 1 is 0.679 bits per heavy atom. The van der Waals surface area contributed by atoms with E-state index in [0.29, 0.717) is 0 Å². The molecule has 2 aromatic rings. The fourth-order valence-electron chi connectivity index (χ4n) is 2.97. The van der Waals surface area contributed by atoms with Crippen LogP contribution < -0.4 is 9.64 Å². The molecule has 0 atom stereocenters. The van der Waals surface area contributed by atoms with E-state index in [1.54, 1.807) is 0 Å². The number of azo groups is 1. The molecule has 0 aliphatic rings. The van der Waals surface area contributed by atoms with Crippen molar-refractivity contribution >= 4 is 17.1 Å². The molecule has 0 radical (unpaired) electrons. The van der Waals surface area contributed by atoms with Gasteiger partial charge in [0.2, 0.25) is 0 Å². The Balaban J connectivity index is 1.66. The summed E-state index contributed by atoms with van der Waals surface area (Å²) in [6, 6.07) is 15.8. The molecule has 4 nitrogen and oxygen atoms in total. The van der Waals surface area contributed by atoms with Crippen LogP contribution in [0.15, 0.2) is 58.8 Å². The highest BCUT2D eigenvalue weighted by atomic mass is 16.5. The number of hydrogen-bond acceptors (Lipinski definition) is 4. The minimum atomic E-state index is 0.786. The Morgan fingerprint density at radius 3 is 1.71 bits per heavy atom. The predicted octanol–water partition coefficient (Wildman–Crippen LogP) is 7.69. The third-order valence-corrected chi connectivity index (χ3v) is 4.75. The van der Waals surface area contributed by atoms with Crippen LogP contribution in [0.4, 0.5) is 17.1 Å². The summed E-state index contributed by atoms with van der Waals surface area (Å²) in [7, 11) is 4.05. The van der Waals surface area contributed by atoms with E-state index in [-0.39, 0.29) is 0 Å². The molecule has 0 unspecified atom stereocenters. The van der Waals surface area contributed by atoms with Crippen molar-refractivity contribution in [2.24, 2.45) is 10.2 Å². The summed E-state index contributed by atoms with van der Waals surface area (Å²) in [5.74, 6) is 0.900. The molecule has 0 aliphatic carbocycles. The van der Waals surface area contributed by atoms with E-state index in [1.165, 1.54) is 44.9 Å². The molecule has 0 aromatic heterocycles. The van der Waals surface area contributed by atoms with Crippen LogP contribution in [0.1, 0.15) is 58.3 Å². The lowest BCUT2D eigenvalue weighted by Gasteiger charge is -2.11. The Kier molecular flexibility index (Phi) is 10.1. The van der Waals surface area contributed by atoms with Crippen LogP contribution in [0.5, 0.6) is 5.75 Å². The topological polar surface area (TPSA) is 37.2 Å². The summed E-state index contributed by atoms with van der Waals surface area (Å²) in [5, 5.41) is 8.59. The Hall–Kier alpha value is -2.36. The van der Waals surface area contributed by atoms with Gasteiger partial charge >= 0.3 is 0 Å². The number of nitrogens with zero attached hydrogens (tertiary/aromatic N) is 3. The monoisotopic (exact) mass is 381 g/mol. The number of rotatable bonds is 13. The molecule has 152 valence electrons. The van der Waals surface area contributed by atoms with Crippen LogP contribution in [0, 0.1) is 0 Å². The van der Waals surface area contributed by atoms with Gasteiger partial charge in [-0.25, -0.2) is 0 Å². The highest BCUT2D eigenvalue weighted by Crippen LogP contribution is 2.23. The van der Waals surface area contributed by atoms with Gasteiger partial charge in [0.05, 0.1) is 18.0 Å². The second-order valence-corrected chi connectivity index (χ2v) is 7.43. The van der Waals surface area contributed by atoms with Crippen molar-refractivity contribution in [1.29, 1.82) is 0 Å². The van der Waals surface area contributed by atoms with E-state index in [2.05, 4.69) is 22.1 Å². The molecule has 0 amide bonds. The maximum atomic E-state index is 5.83. The van der Waals surface area contributed by atoms with E-state index >= 15 is 0 Å². The van der Waals surface area contributed by atoms with Crippen molar-refractivity contribution in [3.8, 4) is 5.75 Å². The Morgan fingerprint density at radius 2 is 1.18 bits per heavy atom. The summed E-state index contributed by atoms with van der Waals surface area (Å²) in [6.07, 6.45) is 10.5. The van der Waals surface area contributed by atoms with Crippen molar-refractivity contribution in [2.45, 2.75) is 58.3 Å². The summed E-state index contributed by atoms with van der Waals surface area (Å²) >= 11 is 0.